The van der Waals surface area contributed by atoms with E-state index in [0.717, 1.165) is 69.3 Å². The number of fused-ring (bicyclic) bond motifs is 10. The summed E-state index contributed by atoms with van der Waals surface area (Å²) >= 11 is 0. The zero-order valence-electron chi connectivity index (χ0n) is 46.9. The molecule has 0 saturated carbocycles. The van der Waals surface area contributed by atoms with Gasteiger partial charge in [0, 0.05) is 66.0 Å². The normalized spacial score (nSPS) is 14.3. The minimum Gasteiger partial charge on any atom is -0.309 e. The van der Waals surface area contributed by atoms with Crippen molar-refractivity contribution in [3.05, 3.63) is 269 Å². The lowest BCUT2D eigenvalue weighted by Gasteiger charge is -2.43. The molecule has 10 aromatic carbocycles. The molecule has 13 aromatic rings. The number of nitriles is 1. The highest BCUT2D eigenvalue weighted by Gasteiger charge is 2.43. The molecule has 0 unspecified atom stereocenters. The highest BCUT2D eigenvalue weighted by atomic mass is 19.4. The second kappa shape index (κ2) is 18.8. The van der Waals surface area contributed by atoms with Crippen molar-refractivity contribution in [1.82, 2.24) is 14.1 Å². The van der Waals surface area contributed by atoms with Crippen LogP contribution in [0.5, 0.6) is 0 Å². The summed E-state index contributed by atoms with van der Waals surface area (Å²) in [6.45, 7) is 8.64. The molecule has 0 N–H and O–H groups in total. The van der Waals surface area contributed by atoms with Gasteiger partial charge in [0.1, 0.15) is 17.7 Å². The number of nitrogens with zero attached hydrogens (tertiary/aromatic N) is 6. The van der Waals surface area contributed by atoms with Crippen LogP contribution >= 0.6 is 0 Å². The van der Waals surface area contributed by atoms with E-state index in [1.165, 1.54) is 12.1 Å². The zero-order chi connectivity index (χ0) is 59.2. The molecule has 15 rings (SSSR count). The SMILES string of the molecule is CC1(C)c2ccccc2N(c2ccccc2)c2c(-c3c(-n4c5ccccc5c5ccc(C(F)(F)F)cc54)nc(-n4c5ccccc5c5ccc(C(F)(F)F)cc54)c(-c4cccc5c4N(c4ccccc4)c4ccccc4C5(C)C)c3C#N)cccc21. The minimum atomic E-state index is -4.77. The lowest BCUT2D eigenvalue weighted by atomic mass is 9.71. The third kappa shape index (κ3) is 7.63. The summed E-state index contributed by atoms with van der Waals surface area (Å²) in [6.07, 6.45) is -9.54. The molecule has 0 aliphatic carbocycles. The second-order valence-corrected chi connectivity index (χ2v) is 23.2. The Morgan fingerprint density at radius 2 is 0.744 bits per heavy atom. The van der Waals surface area contributed by atoms with Crippen molar-refractivity contribution in [3.63, 3.8) is 0 Å². The van der Waals surface area contributed by atoms with E-state index >= 15 is 26.3 Å². The number of aromatic nitrogens is 3. The number of hydrogen-bond donors (Lipinski definition) is 0. The number of rotatable bonds is 6. The molecular weight excluding hydrogens is 1090 g/mol. The number of alkyl halides is 6. The van der Waals surface area contributed by atoms with Gasteiger partial charge in [0.25, 0.3) is 0 Å². The smallest absolute Gasteiger partial charge is 0.309 e. The number of anilines is 6. The molecule has 2 aliphatic rings. The first kappa shape index (κ1) is 52.4. The number of para-hydroxylation sites is 8. The number of halogens is 6. The molecule has 3 aromatic heterocycles. The van der Waals surface area contributed by atoms with Crippen molar-refractivity contribution in [2.75, 3.05) is 9.80 Å². The maximum Gasteiger partial charge on any atom is 0.416 e. The van der Waals surface area contributed by atoms with Crippen LogP contribution in [0.1, 0.15) is 66.6 Å². The lowest BCUT2D eigenvalue weighted by molar-refractivity contribution is -0.138. The van der Waals surface area contributed by atoms with Crippen LogP contribution in [0.2, 0.25) is 0 Å². The predicted molar refractivity (Wildman–Crippen MR) is 332 cm³/mol. The number of pyridine rings is 1. The van der Waals surface area contributed by atoms with Gasteiger partial charge >= 0.3 is 12.4 Å². The fraction of sp³-hybridized carbons (Fsp3) is 0.108. The Kier molecular flexibility index (Phi) is 11.5. The molecule has 12 heteroatoms. The Balaban J connectivity index is 1.21. The van der Waals surface area contributed by atoms with Gasteiger partial charge in [0.15, 0.2) is 0 Å². The third-order valence-electron chi connectivity index (χ3n) is 17.8. The molecule has 6 nitrogen and oxygen atoms in total. The van der Waals surface area contributed by atoms with Gasteiger partial charge in [-0.25, -0.2) is 4.98 Å². The van der Waals surface area contributed by atoms with Crippen molar-refractivity contribution < 1.29 is 26.3 Å². The topological polar surface area (TPSA) is 53.0 Å². The maximum atomic E-state index is 15.3. The van der Waals surface area contributed by atoms with Crippen LogP contribution in [0, 0.1) is 11.3 Å². The van der Waals surface area contributed by atoms with Gasteiger partial charge in [-0.05, 0) is 95.1 Å². The van der Waals surface area contributed by atoms with Crippen LogP contribution < -0.4 is 9.80 Å². The van der Waals surface area contributed by atoms with Gasteiger partial charge in [0.05, 0.1) is 61.5 Å². The standard InChI is InChI=1S/C74H50F6N6/c1-71(2)55-29-13-17-35-61(55)83(46-21-7-5-8-22-46)67-52(27-19-31-57(67)71)65-54(43-81)66(53-28-20-32-58-68(53)84(47-23-9-6-10-24-47)62-36-18-14-30-56(62)72(58,3)4)70(86-60-34-16-12-26-49(60)51-40-38-45(42-64(51)86)74(78,79)80)82-69(65)85-59-33-15-11-25-48(59)50-39-37-44(41-63(50)85)73(75,76)77/h5-42H,1-4H3. The average molecular weight is 1140 g/mol. The summed E-state index contributed by atoms with van der Waals surface area (Å²) in [5.41, 5.74) is 8.52. The van der Waals surface area contributed by atoms with Crippen molar-refractivity contribution in [2.24, 2.45) is 0 Å². The van der Waals surface area contributed by atoms with Crippen LogP contribution in [0.3, 0.4) is 0 Å². The van der Waals surface area contributed by atoms with Crippen LogP contribution in [0.4, 0.5) is 60.5 Å². The summed E-state index contributed by atoms with van der Waals surface area (Å²) in [7, 11) is 0. The quantitative estimate of drug-likeness (QED) is 0.156. The van der Waals surface area contributed by atoms with E-state index in [4.69, 9.17) is 4.98 Å². The van der Waals surface area contributed by atoms with E-state index in [1.54, 1.807) is 9.13 Å². The van der Waals surface area contributed by atoms with Gasteiger partial charge in [-0.1, -0.05) is 185 Å². The molecule has 0 amide bonds. The zero-order valence-corrected chi connectivity index (χ0v) is 46.9. The highest BCUT2D eigenvalue weighted by molar-refractivity contribution is 6.13. The summed E-state index contributed by atoms with van der Waals surface area (Å²) in [5.74, 6) is 0.161. The van der Waals surface area contributed by atoms with E-state index in [1.807, 2.05) is 158 Å². The fourth-order valence-corrected chi connectivity index (χ4v) is 13.9. The van der Waals surface area contributed by atoms with Crippen molar-refractivity contribution in [3.8, 4) is 40.0 Å². The largest absolute Gasteiger partial charge is 0.416 e. The first-order chi connectivity index (χ1) is 41.5. The van der Waals surface area contributed by atoms with E-state index < -0.39 is 34.3 Å². The summed E-state index contributed by atoms with van der Waals surface area (Å²) < 4.78 is 95.4. The Morgan fingerprint density at radius 1 is 0.384 bits per heavy atom. The van der Waals surface area contributed by atoms with Crippen molar-refractivity contribution >= 4 is 77.7 Å². The molecule has 5 heterocycles. The van der Waals surface area contributed by atoms with E-state index in [2.05, 4.69) is 80.0 Å². The molecule has 0 spiro atoms. The lowest BCUT2D eigenvalue weighted by Crippen LogP contribution is -2.31. The second-order valence-electron chi connectivity index (χ2n) is 23.2. The third-order valence-corrected chi connectivity index (χ3v) is 17.8. The number of hydrogen-bond acceptors (Lipinski definition) is 4. The summed E-state index contributed by atoms with van der Waals surface area (Å²) in [6, 6.07) is 72.9. The van der Waals surface area contributed by atoms with Gasteiger partial charge in [-0.15, -0.1) is 0 Å². The summed E-state index contributed by atoms with van der Waals surface area (Å²) in [5, 5.41) is 15.1. The Labute approximate surface area is 491 Å². The average Bonchev–Trinajstić information content (AvgIpc) is 0.996. The van der Waals surface area contributed by atoms with Crippen LogP contribution in [0.15, 0.2) is 231 Å². The van der Waals surface area contributed by atoms with Gasteiger partial charge < -0.3 is 9.80 Å². The Bertz CT molecular complexity index is 4700. The summed E-state index contributed by atoms with van der Waals surface area (Å²) in [4.78, 5) is 10.3. The molecule has 0 atom stereocenters. The Hall–Kier alpha value is -10.4. The molecule has 0 radical (unpaired) electrons. The van der Waals surface area contributed by atoms with E-state index in [-0.39, 0.29) is 39.4 Å². The molecule has 0 bridgehead atoms. The Morgan fingerprint density at radius 3 is 1.15 bits per heavy atom. The van der Waals surface area contributed by atoms with E-state index in [9.17, 15) is 5.26 Å². The molecule has 86 heavy (non-hydrogen) atoms. The molecule has 418 valence electrons. The molecule has 0 saturated heterocycles. The fourth-order valence-electron chi connectivity index (χ4n) is 13.9. The van der Waals surface area contributed by atoms with Crippen molar-refractivity contribution in [2.45, 2.75) is 50.9 Å². The monoisotopic (exact) mass is 1140 g/mol. The van der Waals surface area contributed by atoms with Crippen LogP contribution in [0.25, 0.3) is 77.5 Å². The molecule has 0 fully saturated rings. The molecular formula is C74H50F6N6. The highest BCUT2D eigenvalue weighted by Crippen LogP contribution is 2.60. The van der Waals surface area contributed by atoms with Crippen molar-refractivity contribution in [1.29, 1.82) is 5.26 Å². The first-order valence-corrected chi connectivity index (χ1v) is 28.3. The molecule has 2 aliphatic heterocycles. The van der Waals surface area contributed by atoms with Gasteiger partial charge in [-0.2, -0.15) is 31.6 Å². The van der Waals surface area contributed by atoms with Crippen LogP contribution in [-0.4, -0.2) is 14.1 Å². The van der Waals surface area contributed by atoms with Gasteiger partial charge in [0.2, 0.25) is 0 Å². The van der Waals surface area contributed by atoms with E-state index in [0.29, 0.717) is 55.1 Å². The predicted octanol–water partition coefficient (Wildman–Crippen LogP) is 20.7. The minimum absolute atomic E-state index is 0.0805. The van der Waals surface area contributed by atoms with Crippen LogP contribution in [-0.2, 0) is 23.2 Å². The van der Waals surface area contributed by atoms with Gasteiger partial charge in [-0.3, -0.25) is 9.13 Å². The first-order valence-electron chi connectivity index (χ1n) is 28.3. The maximum absolute atomic E-state index is 15.3. The number of benzene rings is 10.